The second-order valence-electron chi connectivity index (χ2n) is 4.18. The van der Waals surface area contributed by atoms with E-state index in [2.05, 4.69) is 5.32 Å². The number of nitrogens with zero attached hydrogens (tertiary/aromatic N) is 1. The molecule has 4 nitrogen and oxygen atoms in total. The van der Waals surface area contributed by atoms with Gasteiger partial charge in [-0.3, -0.25) is 0 Å². The molecule has 0 aromatic rings. The Balaban J connectivity index is 4.22. The van der Waals surface area contributed by atoms with Gasteiger partial charge in [-0.2, -0.15) is 5.26 Å². The minimum absolute atomic E-state index is 0.0287. The molecule has 1 N–H and O–H groups in total. The maximum absolute atomic E-state index is 11.3. The molecule has 0 aliphatic carbocycles. The van der Waals surface area contributed by atoms with Crippen molar-refractivity contribution in [3.63, 3.8) is 0 Å². The zero-order valence-corrected chi connectivity index (χ0v) is 9.98. The normalized spacial score (nSPS) is 14.8. The molecule has 1 atom stereocenters. The van der Waals surface area contributed by atoms with E-state index in [0.29, 0.717) is 13.0 Å². The summed E-state index contributed by atoms with van der Waals surface area (Å²) < 4.78 is 21.9. The molecule has 82 valence electrons. The number of sulfone groups is 1. The van der Waals surface area contributed by atoms with Crippen LogP contribution in [0.1, 0.15) is 27.2 Å². The Kier molecular flexibility index (Phi) is 4.56. The Bertz CT molecular complexity index is 314. The minimum atomic E-state index is -3.06. The SMILES string of the molecule is CC(CC#N)NCC(C)(C)S(C)(=O)=O. The summed E-state index contributed by atoms with van der Waals surface area (Å²) in [5.41, 5.74) is 0. The standard InChI is InChI=1S/C9H18N2O2S/c1-8(5-6-10)11-7-9(2,3)14(4,12)13/h8,11H,5,7H2,1-4H3. The first kappa shape index (κ1) is 13.4. The van der Waals surface area contributed by atoms with Gasteiger partial charge in [0, 0.05) is 18.8 Å². The predicted octanol–water partition coefficient (Wildman–Crippen LogP) is 0.701. The third-order valence-electron chi connectivity index (χ3n) is 2.28. The lowest BCUT2D eigenvalue weighted by Crippen LogP contribution is -2.44. The first-order valence-electron chi connectivity index (χ1n) is 4.50. The summed E-state index contributed by atoms with van der Waals surface area (Å²) in [6, 6.07) is 2.06. The maximum atomic E-state index is 11.3. The van der Waals surface area contributed by atoms with Gasteiger partial charge >= 0.3 is 0 Å². The average molecular weight is 218 g/mol. The van der Waals surface area contributed by atoms with E-state index < -0.39 is 14.6 Å². The molecule has 0 saturated carbocycles. The fourth-order valence-electron chi connectivity index (χ4n) is 0.760. The lowest BCUT2D eigenvalue weighted by atomic mass is 10.2. The van der Waals surface area contributed by atoms with Crippen molar-refractivity contribution in [2.75, 3.05) is 12.8 Å². The van der Waals surface area contributed by atoms with Gasteiger partial charge in [0.2, 0.25) is 0 Å². The first-order chi connectivity index (χ1) is 6.20. The van der Waals surface area contributed by atoms with Gasteiger partial charge in [0.1, 0.15) is 0 Å². The molecule has 0 bridgehead atoms. The fraction of sp³-hybridized carbons (Fsp3) is 0.889. The molecule has 5 heteroatoms. The molecule has 0 spiro atoms. The molecule has 0 radical (unpaired) electrons. The van der Waals surface area contributed by atoms with Crippen LogP contribution in [0.4, 0.5) is 0 Å². The monoisotopic (exact) mass is 218 g/mol. The summed E-state index contributed by atoms with van der Waals surface area (Å²) >= 11 is 0. The van der Waals surface area contributed by atoms with Crippen molar-refractivity contribution >= 4 is 9.84 Å². The zero-order chi connectivity index (χ0) is 11.4. The maximum Gasteiger partial charge on any atom is 0.153 e. The molecule has 0 aliphatic heterocycles. The number of hydrogen-bond donors (Lipinski definition) is 1. The van der Waals surface area contributed by atoms with Gasteiger partial charge in [-0.1, -0.05) is 0 Å². The molecule has 0 heterocycles. The summed E-state index contributed by atoms with van der Waals surface area (Å²) in [6.45, 7) is 5.58. The highest BCUT2D eigenvalue weighted by atomic mass is 32.2. The number of hydrogen-bond acceptors (Lipinski definition) is 4. The van der Waals surface area contributed by atoms with Crippen LogP contribution < -0.4 is 5.32 Å². The van der Waals surface area contributed by atoms with Crippen LogP contribution in [0.3, 0.4) is 0 Å². The topological polar surface area (TPSA) is 70.0 Å². The zero-order valence-electron chi connectivity index (χ0n) is 9.16. The van der Waals surface area contributed by atoms with Crippen LogP contribution in [0.25, 0.3) is 0 Å². The van der Waals surface area contributed by atoms with Gasteiger partial charge in [-0.05, 0) is 20.8 Å². The second kappa shape index (κ2) is 4.76. The largest absolute Gasteiger partial charge is 0.312 e. The van der Waals surface area contributed by atoms with Crippen LogP contribution in [0.15, 0.2) is 0 Å². The Labute approximate surface area is 86.2 Å². The van der Waals surface area contributed by atoms with Gasteiger partial charge in [0.05, 0.1) is 17.2 Å². The molecule has 0 rings (SSSR count). The fourth-order valence-corrected chi connectivity index (χ4v) is 1.11. The van der Waals surface area contributed by atoms with E-state index in [1.807, 2.05) is 13.0 Å². The molecule has 0 saturated heterocycles. The van der Waals surface area contributed by atoms with E-state index in [-0.39, 0.29) is 6.04 Å². The van der Waals surface area contributed by atoms with Crippen molar-refractivity contribution in [2.24, 2.45) is 0 Å². The third kappa shape index (κ3) is 4.07. The summed E-state index contributed by atoms with van der Waals surface area (Å²) in [6.07, 6.45) is 1.61. The molecule has 0 fully saturated rings. The Morgan fingerprint density at radius 1 is 1.50 bits per heavy atom. The van der Waals surface area contributed by atoms with Crippen LogP contribution in [-0.4, -0.2) is 32.0 Å². The Morgan fingerprint density at radius 3 is 2.36 bits per heavy atom. The summed E-state index contributed by atoms with van der Waals surface area (Å²) in [5, 5.41) is 11.4. The summed E-state index contributed by atoms with van der Waals surface area (Å²) in [4.78, 5) is 0. The van der Waals surface area contributed by atoms with Gasteiger partial charge in [0.15, 0.2) is 9.84 Å². The summed E-state index contributed by atoms with van der Waals surface area (Å²) in [7, 11) is -3.06. The number of rotatable bonds is 5. The molecular weight excluding hydrogens is 200 g/mol. The highest BCUT2D eigenvalue weighted by Gasteiger charge is 2.29. The molecule has 1 unspecified atom stereocenters. The van der Waals surface area contributed by atoms with Crippen molar-refractivity contribution in [1.29, 1.82) is 5.26 Å². The van der Waals surface area contributed by atoms with Crippen LogP contribution in [0, 0.1) is 11.3 Å². The van der Waals surface area contributed by atoms with Crippen LogP contribution >= 0.6 is 0 Å². The van der Waals surface area contributed by atoms with Crippen molar-refractivity contribution in [2.45, 2.75) is 38.0 Å². The van der Waals surface area contributed by atoms with E-state index in [1.54, 1.807) is 13.8 Å². The molecule has 14 heavy (non-hydrogen) atoms. The van der Waals surface area contributed by atoms with Crippen LogP contribution in [0.2, 0.25) is 0 Å². The van der Waals surface area contributed by atoms with E-state index in [9.17, 15) is 8.42 Å². The molecule has 0 aliphatic rings. The van der Waals surface area contributed by atoms with Crippen molar-refractivity contribution in [3.05, 3.63) is 0 Å². The third-order valence-corrected chi connectivity index (χ3v) is 4.43. The van der Waals surface area contributed by atoms with E-state index in [0.717, 1.165) is 0 Å². The minimum Gasteiger partial charge on any atom is -0.312 e. The predicted molar refractivity (Wildman–Crippen MR) is 56.6 cm³/mol. The lowest BCUT2D eigenvalue weighted by molar-refractivity contribution is 0.483. The van der Waals surface area contributed by atoms with Gasteiger partial charge < -0.3 is 5.32 Å². The first-order valence-corrected chi connectivity index (χ1v) is 6.40. The molecular formula is C9H18N2O2S. The Morgan fingerprint density at radius 2 is 2.00 bits per heavy atom. The van der Waals surface area contributed by atoms with Gasteiger partial charge in [-0.15, -0.1) is 0 Å². The quantitative estimate of drug-likeness (QED) is 0.737. The number of nitrogens with one attached hydrogen (secondary N) is 1. The second-order valence-corrected chi connectivity index (χ2v) is 6.83. The van der Waals surface area contributed by atoms with E-state index in [1.165, 1.54) is 6.26 Å². The van der Waals surface area contributed by atoms with Gasteiger partial charge in [-0.25, -0.2) is 8.42 Å². The van der Waals surface area contributed by atoms with E-state index in [4.69, 9.17) is 5.26 Å². The van der Waals surface area contributed by atoms with Crippen molar-refractivity contribution < 1.29 is 8.42 Å². The summed E-state index contributed by atoms with van der Waals surface area (Å²) in [5.74, 6) is 0. The average Bonchev–Trinajstić information content (AvgIpc) is 1.99. The molecule has 0 aromatic carbocycles. The van der Waals surface area contributed by atoms with Crippen molar-refractivity contribution in [3.8, 4) is 6.07 Å². The van der Waals surface area contributed by atoms with E-state index >= 15 is 0 Å². The molecule has 0 aromatic heterocycles. The Hall–Kier alpha value is -0.600. The highest BCUT2D eigenvalue weighted by molar-refractivity contribution is 7.92. The van der Waals surface area contributed by atoms with Crippen LogP contribution in [0.5, 0.6) is 0 Å². The highest BCUT2D eigenvalue weighted by Crippen LogP contribution is 2.13. The van der Waals surface area contributed by atoms with Crippen LogP contribution in [-0.2, 0) is 9.84 Å². The number of nitriles is 1. The lowest BCUT2D eigenvalue weighted by Gasteiger charge is -2.24. The molecule has 0 amide bonds. The van der Waals surface area contributed by atoms with Crippen molar-refractivity contribution in [1.82, 2.24) is 5.32 Å². The van der Waals surface area contributed by atoms with Gasteiger partial charge in [0.25, 0.3) is 0 Å². The smallest absolute Gasteiger partial charge is 0.153 e.